The van der Waals surface area contributed by atoms with Crippen LogP contribution in [0, 0.1) is 0 Å². The molecule has 7 rings (SSSR count). The molecule has 43 heavy (non-hydrogen) atoms. The normalized spacial score (nSPS) is 17.6. The van der Waals surface area contributed by atoms with Crippen molar-refractivity contribution in [3.63, 3.8) is 0 Å². The maximum Gasteiger partial charge on any atom is 0.0776 e. The molecule has 0 heterocycles. The van der Waals surface area contributed by atoms with Crippen molar-refractivity contribution in [1.82, 2.24) is 0 Å². The van der Waals surface area contributed by atoms with Crippen LogP contribution in [-0.4, -0.2) is 16.1 Å². The van der Waals surface area contributed by atoms with E-state index in [9.17, 15) is 0 Å². The average Bonchev–Trinajstić information content (AvgIpc) is 3.69. The van der Waals surface area contributed by atoms with E-state index in [0.717, 1.165) is 12.8 Å². The van der Waals surface area contributed by atoms with Gasteiger partial charge in [0.1, 0.15) is 0 Å². The highest BCUT2D eigenvalue weighted by Gasteiger charge is 2.51. The van der Waals surface area contributed by atoms with Gasteiger partial charge in [0.05, 0.1) is 21.6 Å². The molecule has 0 unspecified atom stereocenters. The van der Waals surface area contributed by atoms with Gasteiger partial charge in [-0.1, -0.05) is 171 Å². The molecule has 0 amide bonds. The lowest BCUT2D eigenvalue weighted by molar-refractivity contribution is 0.757. The van der Waals surface area contributed by atoms with Crippen LogP contribution in [0.3, 0.4) is 0 Å². The Morgan fingerprint density at radius 2 is 0.860 bits per heavy atom. The molecular weight excluding hydrogens is 549 g/mol. The van der Waals surface area contributed by atoms with Crippen molar-refractivity contribution in [1.29, 1.82) is 0 Å². The highest BCUT2D eigenvalue weighted by molar-refractivity contribution is 6.89. The van der Waals surface area contributed by atoms with Crippen LogP contribution in [0.15, 0.2) is 144 Å². The number of rotatable bonds is 6. The van der Waals surface area contributed by atoms with Gasteiger partial charge in [-0.05, 0) is 68.5 Å². The first-order chi connectivity index (χ1) is 20.6. The van der Waals surface area contributed by atoms with E-state index in [1.54, 1.807) is 11.1 Å². The topological polar surface area (TPSA) is 0 Å². The minimum Gasteiger partial charge on any atom is -0.0656 e. The van der Waals surface area contributed by atoms with Crippen LogP contribution >= 0.6 is 0 Å². The number of fused-ring (bicyclic) bond motifs is 1. The number of hydrogen-bond donors (Lipinski definition) is 0. The molecule has 0 aromatic heterocycles. The standard InChI is InChI=1S/C41H42Si2/c1-42(2,3)35-21-13-15-29(23-35)31-25-37-38-26-32(30-16-14-22-36(24-30)43(4,5)6)28-40(38)41(39(37)27-31,33-17-9-7-10-18-33)34-19-11-8-12-20-34/h7-24,27-28H,25-26H2,1-6H3. The van der Waals surface area contributed by atoms with Gasteiger partial charge in [-0.2, -0.15) is 0 Å². The largest absolute Gasteiger partial charge is 0.0776 e. The number of benzene rings is 4. The molecule has 0 nitrogen and oxygen atoms in total. The van der Waals surface area contributed by atoms with Crippen LogP contribution in [-0.2, 0) is 5.41 Å². The highest BCUT2D eigenvalue weighted by Crippen LogP contribution is 2.62. The van der Waals surface area contributed by atoms with Crippen molar-refractivity contribution in [2.24, 2.45) is 0 Å². The van der Waals surface area contributed by atoms with Crippen molar-refractivity contribution in [3.8, 4) is 0 Å². The van der Waals surface area contributed by atoms with E-state index in [4.69, 9.17) is 0 Å². The fourth-order valence-electron chi connectivity index (χ4n) is 7.46. The molecule has 0 saturated carbocycles. The maximum atomic E-state index is 2.57. The quantitative estimate of drug-likeness (QED) is 0.196. The first-order valence-electron chi connectivity index (χ1n) is 15.8. The molecule has 3 aliphatic rings. The Morgan fingerprint density at radius 1 is 0.465 bits per heavy atom. The van der Waals surface area contributed by atoms with Crippen LogP contribution in [0.4, 0.5) is 0 Å². The summed E-state index contributed by atoms with van der Waals surface area (Å²) in [5.74, 6) is 0. The summed E-state index contributed by atoms with van der Waals surface area (Å²) < 4.78 is 0. The molecule has 0 N–H and O–H groups in total. The maximum absolute atomic E-state index is 2.57. The van der Waals surface area contributed by atoms with E-state index < -0.39 is 16.1 Å². The number of allylic oxidation sites excluding steroid dienone is 8. The summed E-state index contributed by atoms with van der Waals surface area (Å²) in [4.78, 5) is 0. The van der Waals surface area contributed by atoms with E-state index >= 15 is 0 Å². The predicted octanol–water partition coefficient (Wildman–Crippen LogP) is 9.64. The summed E-state index contributed by atoms with van der Waals surface area (Å²) >= 11 is 0. The van der Waals surface area contributed by atoms with Crippen LogP contribution in [0.5, 0.6) is 0 Å². The molecule has 4 aromatic rings. The van der Waals surface area contributed by atoms with Crippen LogP contribution in [0.1, 0.15) is 35.1 Å². The van der Waals surface area contributed by atoms with Gasteiger partial charge < -0.3 is 0 Å². The average molecular weight is 591 g/mol. The molecule has 0 fully saturated rings. The van der Waals surface area contributed by atoms with Gasteiger partial charge in [-0.25, -0.2) is 0 Å². The van der Waals surface area contributed by atoms with Crippen molar-refractivity contribution >= 4 is 37.7 Å². The molecule has 0 saturated heterocycles. The van der Waals surface area contributed by atoms with Crippen molar-refractivity contribution in [3.05, 3.63) is 166 Å². The monoisotopic (exact) mass is 590 g/mol. The third-order valence-corrected chi connectivity index (χ3v) is 13.9. The molecule has 0 atom stereocenters. The second-order valence-electron chi connectivity index (χ2n) is 14.6. The Balaban J connectivity index is 1.41. The summed E-state index contributed by atoms with van der Waals surface area (Å²) in [6, 6.07) is 41.4. The lowest BCUT2D eigenvalue weighted by Crippen LogP contribution is -2.37. The van der Waals surface area contributed by atoms with Crippen molar-refractivity contribution in [2.45, 2.75) is 57.5 Å². The van der Waals surface area contributed by atoms with Crippen molar-refractivity contribution in [2.75, 3.05) is 0 Å². The van der Waals surface area contributed by atoms with Crippen LogP contribution in [0.2, 0.25) is 39.3 Å². The first kappa shape index (κ1) is 28.1. The van der Waals surface area contributed by atoms with Gasteiger partial charge in [0.15, 0.2) is 0 Å². The van der Waals surface area contributed by atoms with E-state index in [0.29, 0.717) is 0 Å². The van der Waals surface area contributed by atoms with Gasteiger partial charge in [0.2, 0.25) is 0 Å². The van der Waals surface area contributed by atoms with Gasteiger partial charge in [-0.15, -0.1) is 0 Å². The second-order valence-corrected chi connectivity index (χ2v) is 24.8. The molecule has 0 spiro atoms. The van der Waals surface area contributed by atoms with Crippen LogP contribution < -0.4 is 10.4 Å². The SMILES string of the molecule is C[Si](C)(C)c1cccc(C2=CC3=C(C2)C2=C(C=C(c4cccc([Si](C)(C)C)c4)C2)C3(c2ccccc2)c2ccccc2)c1. The second kappa shape index (κ2) is 10.2. The zero-order chi connectivity index (χ0) is 30.0. The summed E-state index contributed by atoms with van der Waals surface area (Å²) in [5.41, 5.74) is 14.2. The Bertz CT molecular complexity index is 1710. The van der Waals surface area contributed by atoms with Gasteiger partial charge in [0, 0.05) is 0 Å². The smallest absolute Gasteiger partial charge is 0.0656 e. The minimum absolute atomic E-state index is 0.316. The number of hydrogen-bond acceptors (Lipinski definition) is 0. The molecule has 4 aromatic carbocycles. The molecule has 0 radical (unpaired) electrons. The Morgan fingerprint density at radius 3 is 1.23 bits per heavy atom. The zero-order valence-corrected chi connectivity index (χ0v) is 28.5. The summed E-state index contributed by atoms with van der Waals surface area (Å²) in [5, 5.41) is 3.06. The van der Waals surface area contributed by atoms with E-state index in [2.05, 4.69) is 161 Å². The molecule has 0 aliphatic heterocycles. The van der Waals surface area contributed by atoms with E-state index in [1.165, 1.54) is 54.9 Å². The third kappa shape index (κ3) is 4.63. The zero-order valence-electron chi connectivity index (χ0n) is 26.5. The summed E-state index contributed by atoms with van der Waals surface area (Å²) in [7, 11) is -2.84. The molecule has 214 valence electrons. The molecule has 0 bridgehead atoms. The molecule has 3 aliphatic carbocycles. The van der Waals surface area contributed by atoms with Gasteiger partial charge in [0.25, 0.3) is 0 Å². The first-order valence-corrected chi connectivity index (χ1v) is 22.8. The Hall–Kier alpha value is -3.73. The fraction of sp³-hybridized carbons (Fsp3) is 0.220. The third-order valence-electron chi connectivity index (χ3n) is 9.81. The summed E-state index contributed by atoms with van der Waals surface area (Å²) in [6.07, 6.45) is 7.13. The predicted molar refractivity (Wildman–Crippen MR) is 192 cm³/mol. The Labute approximate surface area is 260 Å². The van der Waals surface area contributed by atoms with Crippen molar-refractivity contribution < 1.29 is 0 Å². The van der Waals surface area contributed by atoms with Gasteiger partial charge >= 0.3 is 0 Å². The molecular formula is C41H42Si2. The van der Waals surface area contributed by atoms with E-state index in [1.807, 2.05) is 0 Å². The fourth-order valence-corrected chi connectivity index (χ4v) is 9.83. The lowest BCUT2D eigenvalue weighted by atomic mass is 9.66. The lowest BCUT2D eigenvalue weighted by Gasteiger charge is -2.35. The van der Waals surface area contributed by atoms with Gasteiger partial charge in [-0.3, -0.25) is 0 Å². The highest BCUT2D eigenvalue weighted by atomic mass is 28.3. The minimum atomic E-state index is -1.42. The van der Waals surface area contributed by atoms with E-state index in [-0.39, 0.29) is 5.41 Å². The van der Waals surface area contributed by atoms with Crippen LogP contribution in [0.25, 0.3) is 11.1 Å². The molecule has 2 heteroatoms. The Kier molecular flexibility index (Phi) is 6.64. The summed E-state index contributed by atoms with van der Waals surface area (Å²) in [6.45, 7) is 14.7.